The third kappa shape index (κ3) is 3.64. The number of hydrogen-bond acceptors (Lipinski definition) is 5. The summed E-state index contributed by atoms with van der Waals surface area (Å²) in [6, 6.07) is 0. The van der Waals surface area contributed by atoms with Crippen LogP contribution in [0.1, 0.15) is 46.0 Å². The van der Waals surface area contributed by atoms with Gasteiger partial charge >= 0.3 is 6.09 Å². The number of hydrazine groups is 1. The second kappa shape index (κ2) is 8.14. The molecule has 0 saturated carbocycles. The fourth-order valence-electron chi connectivity index (χ4n) is 4.86. The van der Waals surface area contributed by atoms with E-state index in [1.54, 1.807) is 17.5 Å². The molecule has 0 aromatic rings. The summed E-state index contributed by atoms with van der Waals surface area (Å²) in [5.41, 5.74) is 7.17. The largest absolute Gasteiger partial charge is 0.470 e. The molecule has 2 N–H and O–H groups in total. The van der Waals surface area contributed by atoms with Gasteiger partial charge in [-0.15, -0.1) is 0 Å². The lowest BCUT2D eigenvalue weighted by molar-refractivity contribution is 0.0435. The molecular weight excluding hydrogens is 370 g/mol. The Balaban J connectivity index is 1.85. The maximum absolute atomic E-state index is 12.0. The molecule has 1 aliphatic carbocycles. The van der Waals surface area contributed by atoms with Crippen LogP contribution in [0.15, 0.2) is 46.2 Å². The van der Waals surface area contributed by atoms with Crippen LogP contribution in [0.25, 0.3) is 0 Å². The predicted molar refractivity (Wildman–Crippen MR) is 109 cm³/mol. The Kier molecular flexibility index (Phi) is 5.58. The van der Waals surface area contributed by atoms with Gasteiger partial charge in [0.1, 0.15) is 6.26 Å². The van der Waals surface area contributed by atoms with Crippen molar-refractivity contribution in [2.24, 2.45) is 5.92 Å². The minimum Gasteiger partial charge on any atom is -0.470 e. The van der Waals surface area contributed by atoms with Crippen LogP contribution in [0.4, 0.5) is 4.79 Å². The number of hydrogen-bond donors (Lipinski definition) is 2. The molecule has 7 heteroatoms. The second-order valence-electron chi connectivity index (χ2n) is 8.40. The van der Waals surface area contributed by atoms with E-state index >= 15 is 0 Å². The minimum absolute atomic E-state index is 0.0175. The molecule has 29 heavy (non-hydrogen) atoms. The number of aliphatic hydroxyl groups is 1. The van der Waals surface area contributed by atoms with Crippen molar-refractivity contribution in [3.63, 3.8) is 0 Å². The molecule has 1 saturated heterocycles. The molecule has 0 spiro atoms. The summed E-state index contributed by atoms with van der Waals surface area (Å²) in [5, 5.41) is 22.2. The van der Waals surface area contributed by atoms with Crippen molar-refractivity contribution >= 4 is 6.09 Å². The van der Waals surface area contributed by atoms with Gasteiger partial charge in [0.2, 0.25) is 0 Å². The molecule has 1 atom stereocenters. The first kappa shape index (κ1) is 19.9. The van der Waals surface area contributed by atoms with E-state index in [9.17, 15) is 15.0 Å². The molecule has 7 nitrogen and oxygen atoms in total. The van der Waals surface area contributed by atoms with Gasteiger partial charge in [-0.1, -0.05) is 6.92 Å². The highest BCUT2D eigenvalue weighted by Gasteiger charge is 2.39. The van der Waals surface area contributed by atoms with E-state index in [0.29, 0.717) is 25.4 Å². The van der Waals surface area contributed by atoms with Crippen LogP contribution in [0.3, 0.4) is 0 Å². The fraction of sp³-hybridized carbons (Fsp3) is 0.591. The van der Waals surface area contributed by atoms with Crippen molar-refractivity contribution in [2.45, 2.75) is 46.0 Å². The quantitative estimate of drug-likeness (QED) is 0.755. The summed E-state index contributed by atoms with van der Waals surface area (Å²) >= 11 is 0. The maximum atomic E-state index is 12.0. The Hall–Kier alpha value is -2.41. The zero-order valence-electron chi connectivity index (χ0n) is 17.4. The average molecular weight is 402 g/mol. The third-order valence-corrected chi connectivity index (χ3v) is 6.53. The van der Waals surface area contributed by atoms with Crippen LogP contribution >= 0.6 is 0 Å². The van der Waals surface area contributed by atoms with E-state index in [2.05, 4.69) is 18.7 Å². The second-order valence-corrected chi connectivity index (χ2v) is 8.40. The lowest BCUT2D eigenvalue weighted by Crippen LogP contribution is -2.40. The van der Waals surface area contributed by atoms with Crippen LogP contribution in [0.2, 0.25) is 0 Å². The zero-order chi connectivity index (χ0) is 20.5. The zero-order valence-corrected chi connectivity index (χ0v) is 17.4. The normalized spacial score (nSPS) is 28.9. The van der Waals surface area contributed by atoms with Crippen LogP contribution in [0.5, 0.6) is 0 Å². The third-order valence-electron chi connectivity index (χ3n) is 6.53. The first-order valence-electron chi connectivity index (χ1n) is 10.6. The number of amides is 1. The SMILES string of the molecule is C/C1=C/OC=C2/C(=C3/CCCC4=C3N(CC4)CC1C)CN(C(=O)O)N2CCCO. The summed E-state index contributed by atoms with van der Waals surface area (Å²) in [7, 11) is 0. The van der Waals surface area contributed by atoms with Gasteiger partial charge in [-0.05, 0) is 61.7 Å². The molecule has 1 amide bonds. The van der Waals surface area contributed by atoms with Crippen LogP contribution in [-0.2, 0) is 4.74 Å². The van der Waals surface area contributed by atoms with Crippen molar-refractivity contribution < 1.29 is 19.7 Å². The number of fused-ring (bicyclic) bond motifs is 1. The predicted octanol–water partition coefficient (Wildman–Crippen LogP) is 3.43. The van der Waals surface area contributed by atoms with Crippen molar-refractivity contribution in [3.05, 3.63) is 46.2 Å². The summed E-state index contributed by atoms with van der Waals surface area (Å²) in [4.78, 5) is 14.5. The van der Waals surface area contributed by atoms with Gasteiger partial charge in [-0.2, -0.15) is 0 Å². The molecule has 0 radical (unpaired) electrons. The fourth-order valence-corrected chi connectivity index (χ4v) is 4.86. The molecule has 4 aliphatic rings. The highest BCUT2D eigenvalue weighted by molar-refractivity contribution is 5.68. The highest BCUT2D eigenvalue weighted by atomic mass is 16.5. The summed E-state index contributed by atoms with van der Waals surface area (Å²) in [5.74, 6) is 0.382. The Morgan fingerprint density at radius 3 is 2.83 bits per heavy atom. The number of aliphatic hydroxyl groups excluding tert-OH is 1. The minimum atomic E-state index is -0.981. The Morgan fingerprint density at radius 1 is 1.24 bits per heavy atom. The summed E-state index contributed by atoms with van der Waals surface area (Å²) in [6.07, 6.45) is 7.30. The van der Waals surface area contributed by atoms with Gasteiger partial charge in [-0.25, -0.2) is 9.80 Å². The average Bonchev–Trinajstić information content (AvgIpc) is 3.27. The number of carboxylic acid groups (broad SMARTS) is 1. The van der Waals surface area contributed by atoms with E-state index < -0.39 is 6.09 Å². The maximum Gasteiger partial charge on any atom is 0.426 e. The molecule has 0 aromatic carbocycles. The first-order chi connectivity index (χ1) is 14.0. The lowest BCUT2D eigenvalue weighted by Gasteiger charge is -2.30. The topological polar surface area (TPSA) is 76.5 Å². The first-order valence-corrected chi connectivity index (χ1v) is 10.6. The number of ether oxygens (including phenoxy) is 1. The monoisotopic (exact) mass is 401 g/mol. The molecule has 3 heterocycles. The molecule has 0 aromatic heterocycles. The van der Waals surface area contributed by atoms with Crippen molar-refractivity contribution in [1.82, 2.24) is 14.9 Å². The molecule has 4 rings (SSSR count). The molecule has 1 fully saturated rings. The number of carbonyl (C=O) groups is 1. The molecule has 3 aliphatic heterocycles. The Morgan fingerprint density at radius 2 is 2.07 bits per heavy atom. The standard InChI is InChI=1S/C22H31N3O4/c1-15-11-23-9-7-17-5-3-6-18(21(17)23)19-12-25(22(27)28)24(8-4-10-26)20(19)14-29-13-16(15)2/h13-15,26H,3-12H2,1-2H3,(H,27,28)/b16-13-,19-18-,20-14?. The van der Waals surface area contributed by atoms with Gasteiger partial charge in [0, 0.05) is 37.5 Å². The molecule has 0 bridgehead atoms. The van der Waals surface area contributed by atoms with E-state index in [4.69, 9.17) is 4.74 Å². The van der Waals surface area contributed by atoms with Crippen LogP contribution in [0, 0.1) is 5.92 Å². The number of allylic oxidation sites excluding steroid dienone is 1. The van der Waals surface area contributed by atoms with Gasteiger partial charge in [-0.3, -0.25) is 5.01 Å². The van der Waals surface area contributed by atoms with Crippen LogP contribution < -0.4 is 0 Å². The lowest BCUT2D eigenvalue weighted by atomic mass is 9.88. The number of rotatable bonds is 3. The van der Waals surface area contributed by atoms with E-state index in [0.717, 1.165) is 50.0 Å². The van der Waals surface area contributed by atoms with Crippen molar-refractivity contribution in [3.8, 4) is 0 Å². The van der Waals surface area contributed by atoms with E-state index in [-0.39, 0.29) is 6.61 Å². The van der Waals surface area contributed by atoms with Crippen LogP contribution in [-0.4, -0.2) is 64.0 Å². The van der Waals surface area contributed by atoms with Gasteiger partial charge < -0.3 is 19.8 Å². The summed E-state index contributed by atoms with van der Waals surface area (Å²) < 4.78 is 5.84. The van der Waals surface area contributed by atoms with Crippen molar-refractivity contribution in [1.29, 1.82) is 0 Å². The van der Waals surface area contributed by atoms with Gasteiger partial charge in [0.15, 0.2) is 0 Å². The molecule has 1 unspecified atom stereocenters. The van der Waals surface area contributed by atoms with E-state index in [1.165, 1.54) is 27.4 Å². The highest BCUT2D eigenvalue weighted by Crippen LogP contribution is 2.44. The smallest absolute Gasteiger partial charge is 0.426 e. The van der Waals surface area contributed by atoms with E-state index in [1.807, 2.05) is 0 Å². The Bertz CT molecular complexity index is 811. The van der Waals surface area contributed by atoms with Crippen molar-refractivity contribution in [2.75, 3.05) is 32.8 Å². The molecule has 158 valence electrons. The van der Waals surface area contributed by atoms with Gasteiger partial charge in [0.25, 0.3) is 0 Å². The number of nitrogens with zero attached hydrogens (tertiary/aromatic N) is 3. The van der Waals surface area contributed by atoms with Gasteiger partial charge in [0.05, 0.1) is 18.5 Å². The molecular formula is C22H31N3O4. The summed E-state index contributed by atoms with van der Waals surface area (Å²) in [6.45, 7) is 7.09. The Labute approximate surface area is 172 Å².